The van der Waals surface area contributed by atoms with Gasteiger partial charge in [0.25, 0.3) is 0 Å². The molecule has 1 aromatic carbocycles. The highest BCUT2D eigenvalue weighted by molar-refractivity contribution is 6.05. The number of nitrogens with zero attached hydrogens (tertiary/aromatic N) is 2. The van der Waals surface area contributed by atoms with Crippen LogP contribution in [-0.2, 0) is 19.2 Å². The highest BCUT2D eigenvalue weighted by Gasteiger charge is 2.52. The van der Waals surface area contributed by atoms with Crippen LogP contribution in [0, 0.1) is 29.6 Å². The van der Waals surface area contributed by atoms with Gasteiger partial charge in [-0.2, -0.15) is 0 Å². The molecule has 1 aliphatic carbocycles. The minimum atomic E-state index is -0.522. The summed E-state index contributed by atoms with van der Waals surface area (Å²) >= 11 is 0. The number of likely N-dealkylation sites (tertiary alicyclic amines) is 1. The third-order valence-electron chi connectivity index (χ3n) is 10.1. The maximum absolute atomic E-state index is 14.4. The van der Waals surface area contributed by atoms with Crippen LogP contribution in [0.3, 0.4) is 0 Å². The molecule has 0 aromatic heterocycles. The summed E-state index contributed by atoms with van der Waals surface area (Å²) in [5.41, 5.74) is 12.4. The Labute approximate surface area is 277 Å². The SMILES string of the molecule is CCC(CC(C1C=CC=CC1)C1C(=O)N(CCCCCCN)C(=O)C1CC(C)c1ccccc1)C(=O)N(C=O)CCCCCCN. The Morgan fingerprint density at radius 2 is 1.63 bits per heavy atom. The first-order valence-electron chi connectivity index (χ1n) is 17.8. The molecule has 1 saturated heterocycles. The molecule has 8 nitrogen and oxygen atoms in total. The van der Waals surface area contributed by atoms with Gasteiger partial charge in [-0.3, -0.25) is 29.0 Å². The maximum atomic E-state index is 14.4. The quantitative estimate of drug-likeness (QED) is 0.0920. The first kappa shape index (κ1) is 37.4. The normalized spacial score (nSPS) is 21.4. The monoisotopic (exact) mass is 634 g/mol. The van der Waals surface area contributed by atoms with Crippen molar-refractivity contribution in [3.8, 4) is 0 Å². The zero-order valence-electron chi connectivity index (χ0n) is 28.2. The molecule has 4 N–H and O–H groups in total. The molecule has 6 atom stereocenters. The number of unbranched alkanes of at least 4 members (excludes halogenated alkanes) is 6. The lowest BCUT2D eigenvalue weighted by Gasteiger charge is -2.35. The van der Waals surface area contributed by atoms with Gasteiger partial charge < -0.3 is 11.5 Å². The first-order valence-corrected chi connectivity index (χ1v) is 17.8. The number of hydrogen-bond acceptors (Lipinski definition) is 6. The van der Waals surface area contributed by atoms with E-state index in [1.165, 1.54) is 9.80 Å². The van der Waals surface area contributed by atoms with E-state index in [2.05, 4.69) is 31.2 Å². The van der Waals surface area contributed by atoms with Crippen LogP contribution in [0.4, 0.5) is 0 Å². The van der Waals surface area contributed by atoms with Crippen molar-refractivity contribution >= 4 is 24.1 Å². The number of rotatable bonds is 22. The molecule has 0 radical (unpaired) electrons. The Bertz CT molecular complexity index is 1150. The van der Waals surface area contributed by atoms with Gasteiger partial charge in [0.05, 0.1) is 11.8 Å². The Balaban J connectivity index is 1.90. The molecule has 46 heavy (non-hydrogen) atoms. The highest BCUT2D eigenvalue weighted by Crippen LogP contribution is 2.45. The van der Waals surface area contributed by atoms with Crippen molar-refractivity contribution < 1.29 is 19.2 Å². The Morgan fingerprint density at radius 1 is 0.957 bits per heavy atom. The van der Waals surface area contributed by atoms with Gasteiger partial charge >= 0.3 is 0 Å². The van der Waals surface area contributed by atoms with Gasteiger partial charge in [-0.05, 0) is 87.8 Å². The van der Waals surface area contributed by atoms with Crippen LogP contribution in [0.25, 0.3) is 0 Å². The largest absolute Gasteiger partial charge is 0.330 e. The summed E-state index contributed by atoms with van der Waals surface area (Å²) in [5.74, 6) is -1.86. The number of nitrogens with two attached hydrogens (primary N) is 2. The van der Waals surface area contributed by atoms with Crippen molar-refractivity contribution in [3.05, 3.63) is 60.2 Å². The Hall–Kier alpha value is -3.10. The van der Waals surface area contributed by atoms with E-state index in [1.54, 1.807) is 0 Å². The van der Waals surface area contributed by atoms with Crippen molar-refractivity contribution in [1.29, 1.82) is 0 Å². The summed E-state index contributed by atoms with van der Waals surface area (Å²) in [4.78, 5) is 57.3. The number of hydrogen-bond donors (Lipinski definition) is 2. The van der Waals surface area contributed by atoms with Crippen molar-refractivity contribution in [1.82, 2.24) is 9.80 Å². The van der Waals surface area contributed by atoms with Gasteiger partial charge in [0.2, 0.25) is 24.1 Å². The smallest absolute Gasteiger partial charge is 0.233 e. The van der Waals surface area contributed by atoms with Gasteiger partial charge in [-0.15, -0.1) is 0 Å². The summed E-state index contributed by atoms with van der Waals surface area (Å²) in [5, 5.41) is 0. The van der Waals surface area contributed by atoms with E-state index in [0.717, 1.165) is 63.4 Å². The van der Waals surface area contributed by atoms with E-state index in [9.17, 15) is 19.2 Å². The average molecular weight is 635 g/mol. The number of amides is 4. The molecular weight excluding hydrogens is 576 g/mol. The minimum Gasteiger partial charge on any atom is -0.330 e. The van der Waals surface area contributed by atoms with Gasteiger partial charge in [-0.25, -0.2) is 0 Å². The van der Waals surface area contributed by atoms with Crippen molar-refractivity contribution in [3.63, 3.8) is 0 Å². The number of benzene rings is 1. The van der Waals surface area contributed by atoms with Crippen molar-refractivity contribution in [2.75, 3.05) is 26.2 Å². The summed E-state index contributed by atoms with van der Waals surface area (Å²) in [6.07, 6.45) is 18.4. The van der Waals surface area contributed by atoms with Gasteiger partial charge in [-0.1, -0.05) is 94.2 Å². The lowest BCUT2D eigenvalue weighted by Crippen LogP contribution is -2.40. The molecule has 254 valence electrons. The fourth-order valence-electron chi connectivity index (χ4n) is 7.34. The summed E-state index contributed by atoms with van der Waals surface area (Å²) in [6.45, 7) is 6.19. The van der Waals surface area contributed by atoms with Crippen molar-refractivity contribution in [2.45, 2.75) is 96.8 Å². The van der Waals surface area contributed by atoms with Crippen LogP contribution in [0.2, 0.25) is 0 Å². The molecule has 0 saturated carbocycles. The zero-order chi connectivity index (χ0) is 33.3. The minimum absolute atomic E-state index is 0.0218. The van der Waals surface area contributed by atoms with Crippen molar-refractivity contribution in [2.24, 2.45) is 41.1 Å². The van der Waals surface area contributed by atoms with E-state index in [-0.39, 0.29) is 35.5 Å². The molecule has 2 aliphatic rings. The molecule has 1 aromatic rings. The second-order valence-corrected chi connectivity index (χ2v) is 13.3. The average Bonchev–Trinajstić information content (AvgIpc) is 3.31. The molecule has 8 heteroatoms. The third-order valence-corrected chi connectivity index (χ3v) is 10.1. The van der Waals surface area contributed by atoms with Gasteiger partial charge in [0.1, 0.15) is 0 Å². The second-order valence-electron chi connectivity index (χ2n) is 13.3. The molecule has 0 spiro atoms. The fourth-order valence-corrected chi connectivity index (χ4v) is 7.34. The molecule has 4 amide bonds. The third kappa shape index (κ3) is 10.5. The lowest BCUT2D eigenvalue weighted by molar-refractivity contribution is -0.144. The van der Waals surface area contributed by atoms with E-state index in [0.29, 0.717) is 51.9 Å². The standard InChI is InChI=1S/C38H58N4O4/c1-3-30(36(44)41(28-43)24-16-6-4-14-22-39)27-33(32-20-12-9-13-21-32)35-34(26-29(2)31-18-10-8-11-19-31)37(45)42(38(35)46)25-17-7-5-15-23-40/h8-13,18-20,28-30,32-35H,3-7,14-17,21-27,39-40H2,1-2H3. The molecular formula is C38H58N4O4. The molecule has 1 fully saturated rings. The summed E-state index contributed by atoms with van der Waals surface area (Å²) in [7, 11) is 0. The number of carbonyl (C=O) groups excluding carboxylic acids is 4. The van der Waals surface area contributed by atoms with E-state index >= 15 is 0 Å². The molecule has 6 unspecified atom stereocenters. The van der Waals surface area contributed by atoms with E-state index < -0.39 is 17.8 Å². The van der Waals surface area contributed by atoms with E-state index in [4.69, 9.17) is 11.5 Å². The number of imide groups is 2. The second kappa shape index (κ2) is 20.2. The first-order chi connectivity index (χ1) is 22.4. The zero-order valence-corrected chi connectivity index (χ0v) is 28.2. The fraction of sp³-hybridized carbons (Fsp3) is 0.632. The summed E-state index contributed by atoms with van der Waals surface area (Å²) < 4.78 is 0. The molecule has 0 bridgehead atoms. The van der Waals surface area contributed by atoms with E-state index in [1.807, 2.05) is 37.3 Å². The molecule has 1 heterocycles. The van der Waals surface area contributed by atoms with Crippen LogP contribution in [0.5, 0.6) is 0 Å². The summed E-state index contributed by atoms with van der Waals surface area (Å²) in [6, 6.07) is 10.2. The predicted octanol–water partition coefficient (Wildman–Crippen LogP) is 5.97. The van der Waals surface area contributed by atoms with Crippen LogP contribution in [0.1, 0.15) is 102 Å². The Kier molecular flexibility index (Phi) is 16.4. The molecule has 3 rings (SSSR count). The Morgan fingerprint density at radius 3 is 2.24 bits per heavy atom. The van der Waals surface area contributed by atoms with Crippen LogP contribution >= 0.6 is 0 Å². The van der Waals surface area contributed by atoms with Crippen LogP contribution in [-0.4, -0.2) is 60.1 Å². The number of carbonyl (C=O) groups is 4. The van der Waals surface area contributed by atoms with Gasteiger partial charge in [0.15, 0.2) is 0 Å². The van der Waals surface area contributed by atoms with Crippen LogP contribution < -0.4 is 11.5 Å². The lowest BCUT2D eigenvalue weighted by atomic mass is 9.68. The van der Waals surface area contributed by atoms with Gasteiger partial charge in [0, 0.05) is 19.0 Å². The highest BCUT2D eigenvalue weighted by atomic mass is 16.2. The maximum Gasteiger partial charge on any atom is 0.233 e. The topological polar surface area (TPSA) is 127 Å². The molecule has 1 aliphatic heterocycles. The predicted molar refractivity (Wildman–Crippen MR) is 184 cm³/mol. The number of allylic oxidation sites excluding steroid dienone is 4. The van der Waals surface area contributed by atoms with Crippen LogP contribution in [0.15, 0.2) is 54.6 Å².